The first kappa shape index (κ1) is 21.7. The maximum absolute atomic E-state index is 13.0. The minimum absolute atomic E-state index is 0.0348. The van der Waals surface area contributed by atoms with E-state index >= 15 is 0 Å². The maximum atomic E-state index is 13.0. The number of likely N-dealkylation sites (tertiary alicyclic amines) is 1. The van der Waals surface area contributed by atoms with Gasteiger partial charge >= 0.3 is 12.2 Å². The minimum Gasteiger partial charge on any atom is -0.366 e. The number of hydrogen-bond donors (Lipinski definition) is 2. The van der Waals surface area contributed by atoms with Crippen LogP contribution in [0.25, 0.3) is 6.08 Å². The standard InChI is InChI=1S/C21H19ClF3N3O2/c22-18-6-5-16(12-17(18)21(23,24)25)27-20(30)28-9-7-14(8-10-28)11-13-1-3-15(4-2-13)19(26)29/h1-6,11-12H,7-10H2,(H2,26,29)(H,27,30). The summed E-state index contributed by atoms with van der Waals surface area (Å²) in [5.74, 6) is -0.489. The van der Waals surface area contributed by atoms with Gasteiger partial charge in [-0.15, -0.1) is 0 Å². The molecule has 0 aliphatic carbocycles. The van der Waals surface area contributed by atoms with Gasteiger partial charge in [0.2, 0.25) is 5.91 Å². The molecule has 3 rings (SSSR count). The highest BCUT2D eigenvalue weighted by molar-refractivity contribution is 6.31. The number of primary amides is 1. The number of anilines is 1. The summed E-state index contributed by atoms with van der Waals surface area (Å²) in [5, 5.41) is 2.08. The van der Waals surface area contributed by atoms with Gasteiger partial charge in [-0.2, -0.15) is 13.2 Å². The summed E-state index contributed by atoms with van der Waals surface area (Å²) in [7, 11) is 0. The van der Waals surface area contributed by atoms with Crippen LogP contribution in [0.2, 0.25) is 5.02 Å². The van der Waals surface area contributed by atoms with E-state index in [0.717, 1.165) is 23.3 Å². The van der Waals surface area contributed by atoms with Crippen molar-refractivity contribution in [2.75, 3.05) is 18.4 Å². The summed E-state index contributed by atoms with van der Waals surface area (Å²) < 4.78 is 38.9. The summed E-state index contributed by atoms with van der Waals surface area (Å²) in [6.45, 7) is 0.882. The van der Waals surface area contributed by atoms with Crippen LogP contribution in [-0.4, -0.2) is 29.9 Å². The molecular weight excluding hydrogens is 419 g/mol. The van der Waals surface area contributed by atoms with Gasteiger partial charge in [0.05, 0.1) is 10.6 Å². The van der Waals surface area contributed by atoms with Crippen LogP contribution >= 0.6 is 11.6 Å². The van der Waals surface area contributed by atoms with Gasteiger partial charge in [-0.1, -0.05) is 35.4 Å². The highest BCUT2D eigenvalue weighted by atomic mass is 35.5. The summed E-state index contributed by atoms with van der Waals surface area (Å²) in [6.07, 6.45) is -1.33. The number of urea groups is 1. The van der Waals surface area contributed by atoms with Crippen molar-refractivity contribution in [1.82, 2.24) is 4.90 Å². The topological polar surface area (TPSA) is 75.4 Å². The second kappa shape index (κ2) is 8.79. The molecule has 0 bridgehead atoms. The van der Waals surface area contributed by atoms with Gasteiger partial charge in [0.25, 0.3) is 0 Å². The number of nitrogens with zero attached hydrogens (tertiary/aromatic N) is 1. The van der Waals surface area contributed by atoms with Crippen molar-refractivity contribution >= 4 is 35.3 Å². The zero-order chi connectivity index (χ0) is 21.9. The molecule has 0 saturated carbocycles. The molecule has 9 heteroatoms. The Kier molecular flexibility index (Phi) is 6.36. The Hall–Kier alpha value is -3.00. The molecular formula is C21H19ClF3N3O2. The van der Waals surface area contributed by atoms with E-state index in [1.165, 1.54) is 6.07 Å². The number of alkyl halides is 3. The molecule has 2 aromatic rings. The molecule has 158 valence electrons. The van der Waals surface area contributed by atoms with Gasteiger partial charge < -0.3 is 16.0 Å². The van der Waals surface area contributed by atoms with Gasteiger partial charge in [0, 0.05) is 24.3 Å². The molecule has 2 aromatic carbocycles. The van der Waals surface area contributed by atoms with E-state index in [1.807, 2.05) is 6.08 Å². The number of amides is 3. The van der Waals surface area contributed by atoms with Gasteiger partial charge in [-0.25, -0.2) is 4.79 Å². The van der Waals surface area contributed by atoms with E-state index in [0.29, 0.717) is 31.5 Å². The van der Waals surface area contributed by atoms with Crippen LogP contribution in [0.5, 0.6) is 0 Å². The average Bonchev–Trinajstić information content (AvgIpc) is 2.69. The molecule has 1 aliphatic heterocycles. The lowest BCUT2D eigenvalue weighted by Crippen LogP contribution is -2.39. The summed E-state index contributed by atoms with van der Waals surface area (Å²) in [5.41, 5.74) is 6.76. The summed E-state index contributed by atoms with van der Waals surface area (Å²) in [6, 6.07) is 9.70. The second-order valence-electron chi connectivity index (χ2n) is 6.90. The lowest BCUT2D eigenvalue weighted by molar-refractivity contribution is -0.137. The highest BCUT2D eigenvalue weighted by Gasteiger charge is 2.33. The van der Waals surface area contributed by atoms with Crippen molar-refractivity contribution in [3.63, 3.8) is 0 Å². The molecule has 1 fully saturated rings. The summed E-state index contributed by atoms with van der Waals surface area (Å²) in [4.78, 5) is 25.1. The van der Waals surface area contributed by atoms with Gasteiger partial charge in [0.1, 0.15) is 0 Å². The molecule has 30 heavy (non-hydrogen) atoms. The first-order valence-electron chi connectivity index (χ1n) is 9.15. The number of carbonyl (C=O) groups is 2. The van der Waals surface area contributed by atoms with E-state index in [4.69, 9.17) is 17.3 Å². The first-order valence-corrected chi connectivity index (χ1v) is 9.53. The number of benzene rings is 2. The third kappa shape index (κ3) is 5.33. The number of carbonyl (C=O) groups excluding carboxylic acids is 2. The van der Waals surface area contributed by atoms with Crippen LogP contribution in [0, 0.1) is 0 Å². The van der Waals surface area contributed by atoms with E-state index in [2.05, 4.69) is 5.32 Å². The molecule has 0 unspecified atom stereocenters. The Morgan fingerprint density at radius 2 is 1.70 bits per heavy atom. The Bertz CT molecular complexity index is 978. The molecule has 3 amide bonds. The molecule has 3 N–H and O–H groups in total. The second-order valence-corrected chi connectivity index (χ2v) is 7.31. The lowest BCUT2D eigenvalue weighted by Gasteiger charge is -2.28. The number of hydrogen-bond acceptors (Lipinski definition) is 2. The van der Waals surface area contributed by atoms with E-state index in [-0.39, 0.29) is 5.69 Å². The smallest absolute Gasteiger partial charge is 0.366 e. The molecule has 1 aliphatic rings. The first-order chi connectivity index (χ1) is 14.1. The monoisotopic (exact) mass is 437 g/mol. The fourth-order valence-corrected chi connectivity index (χ4v) is 3.37. The fraction of sp³-hybridized carbons (Fsp3) is 0.238. The van der Waals surface area contributed by atoms with Crippen molar-refractivity contribution in [3.05, 3.63) is 69.8 Å². The van der Waals surface area contributed by atoms with E-state index in [9.17, 15) is 22.8 Å². The van der Waals surface area contributed by atoms with Gasteiger partial charge in [0.15, 0.2) is 0 Å². The summed E-state index contributed by atoms with van der Waals surface area (Å²) >= 11 is 5.60. The zero-order valence-corrected chi connectivity index (χ0v) is 16.6. The average molecular weight is 438 g/mol. The fourth-order valence-electron chi connectivity index (χ4n) is 3.14. The number of rotatable bonds is 3. The van der Waals surface area contributed by atoms with E-state index in [1.54, 1.807) is 29.2 Å². The molecule has 0 atom stereocenters. The van der Waals surface area contributed by atoms with Crippen LogP contribution in [-0.2, 0) is 6.18 Å². The number of halogens is 4. The zero-order valence-electron chi connectivity index (χ0n) is 15.8. The molecule has 1 saturated heterocycles. The minimum atomic E-state index is -4.60. The molecule has 1 heterocycles. The molecule has 0 radical (unpaired) electrons. The van der Waals surface area contributed by atoms with Crippen molar-refractivity contribution in [3.8, 4) is 0 Å². The molecule has 5 nitrogen and oxygen atoms in total. The quantitative estimate of drug-likeness (QED) is 0.695. The Labute approximate surface area is 176 Å². The van der Waals surface area contributed by atoms with Crippen molar-refractivity contribution in [2.45, 2.75) is 19.0 Å². The number of nitrogens with two attached hydrogens (primary N) is 1. The van der Waals surface area contributed by atoms with Crippen molar-refractivity contribution in [2.24, 2.45) is 5.73 Å². The third-order valence-corrected chi connectivity index (χ3v) is 5.11. The van der Waals surface area contributed by atoms with Crippen LogP contribution in [0.15, 0.2) is 48.0 Å². The van der Waals surface area contributed by atoms with Gasteiger partial charge in [-0.05, 0) is 48.7 Å². The lowest BCUT2D eigenvalue weighted by atomic mass is 10.0. The van der Waals surface area contributed by atoms with Crippen molar-refractivity contribution in [1.29, 1.82) is 0 Å². The normalized spacial score (nSPS) is 14.4. The molecule has 0 spiro atoms. The Morgan fingerprint density at radius 3 is 2.27 bits per heavy atom. The Morgan fingerprint density at radius 1 is 1.07 bits per heavy atom. The van der Waals surface area contributed by atoms with Crippen LogP contribution < -0.4 is 11.1 Å². The van der Waals surface area contributed by atoms with Crippen LogP contribution in [0.4, 0.5) is 23.7 Å². The largest absolute Gasteiger partial charge is 0.417 e. The Balaban J connectivity index is 1.60. The highest BCUT2D eigenvalue weighted by Crippen LogP contribution is 2.36. The third-order valence-electron chi connectivity index (χ3n) is 4.78. The van der Waals surface area contributed by atoms with Crippen LogP contribution in [0.1, 0.15) is 34.3 Å². The van der Waals surface area contributed by atoms with Crippen molar-refractivity contribution < 1.29 is 22.8 Å². The van der Waals surface area contributed by atoms with Crippen LogP contribution in [0.3, 0.4) is 0 Å². The SMILES string of the molecule is NC(=O)c1ccc(C=C2CCN(C(=O)Nc3ccc(Cl)c(C(F)(F)F)c3)CC2)cc1. The number of piperidine rings is 1. The molecule has 0 aromatic heterocycles. The van der Waals surface area contributed by atoms with Gasteiger partial charge in [-0.3, -0.25) is 4.79 Å². The predicted octanol–water partition coefficient (Wildman–Crippen LogP) is 5.17. The maximum Gasteiger partial charge on any atom is 0.417 e. The van der Waals surface area contributed by atoms with E-state index < -0.39 is 28.7 Å². The predicted molar refractivity (Wildman–Crippen MR) is 109 cm³/mol. The number of nitrogens with one attached hydrogen (secondary N) is 1.